The summed E-state index contributed by atoms with van der Waals surface area (Å²) in [5.74, 6) is 1.53. The van der Waals surface area contributed by atoms with Gasteiger partial charge in [0, 0.05) is 4.83 Å². The van der Waals surface area contributed by atoms with Gasteiger partial charge in [-0.2, -0.15) is 0 Å². The van der Waals surface area contributed by atoms with Gasteiger partial charge in [-0.15, -0.1) is 0 Å². The van der Waals surface area contributed by atoms with E-state index in [4.69, 9.17) is 9.47 Å². The van der Waals surface area contributed by atoms with E-state index in [1.165, 1.54) is 0 Å². The largest absolute Gasteiger partial charge is 0.485 e. The van der Waals surface area contributed by atoms with Crippen molar-refractivity contribution in [1.82, 2.24) is 0 Å². The molecule has 0 N–H and O–H groups in total. The minimum atomic E-state index is 0.259. The lowest BCUT2D eigenvalue weighted by atomic mass is 10.1. The van der Waals surface area contributed by atoms with Crippen molar-refractivity contribution in [2.45, 2.75) is 25.0 Å². The molecule has 0 aliphatic heterocycles. The van der Waals surface area contributed by atoms with Crippen molar-refractivity contribution < 1.29 is 9.47 Å². The van der Waals surface area contributed by atoms with Crippen LogP contribution in [0.4, 0.5) is 0 Å². The van der Waals surface area contributed by atoms with Crippen molar-refractivity contribution in [2.24, 2.45) is 0 Å². The molecular weight excluding hydrogens is 376 g/mol. The zero-order valence-corrected chi connectivity index (χ0v) is 15.8. The summed E-state index contributed by atoms with van der Waals surface area (Å²) < 4.78 is 12.1. The summed E-state index contributed by atoms with van der Waals surface area (Å²) in [5.41, 5.74) is 3.43. The van der Waals surface area contributed by atoms with Gasteiger partial charge < -0.3 is 9.47 Å². The Kier molecular flexibility index (Phi) is 6.13. The van der Waals surface area contributed by atoms with Gasteiger partial charge in [-0.25, -0.2) is 0 Å². The summed E-state index contributed by atoms with van der Waals surface area (Å²) in [4.78, 5) is 0.259. The summed E-state index contributed by atoms with van der Waals surface area (Å²) >= 11 is 3.62. The molecule has 0 aliphatic rings. The molecule has 25 heavy (non-hydrogen) atoms. The van der Waals surface area contributed by atoms with Gasteiger partial charge in [0.25, 0.3) is 0 Å². The fraction of sp³-hybridized carbons (Fsp3) is 0.182. The van der Waals surface area contributed by atoms with Gasteiger partial charge in [0.1, 0.15) is 13.2 Å². The van der Waals surface area contributed by atoms with Crippen LogP contribution in [0, 0.1) is 0 Å². The summed E-state index contributed by atoms with van der Waals surface area (Å²) in [6.07, 6.45) is 0. The second kappa shape index (κ2) is 8.72. The Morgan fingerprint density at radius 3 is 1.76 bits per heavy atom. The maximum Gasteiger partial charge on any atom is 0.162 e. The number of hydrogen-bond donors (Lipinski definition) is 0. The standard InChI is InChI=1S/C22H21BrO2/c1-17(23)20-12-13-21(24-15-18-8-4-2-5-9-18)22(14-20)25-16-19-10-6-3-7-11-19/h2-14,17H,15-16H2,1H3. The third kappa shape index (κ3) is 5.10. The number of ether oxygens (including phenoxy) is 2. The predicted octanol–water partition coefficient (Wildman–Crippen LogP) is 6.30. The molecule has 3 aromatic rings. The molecule has 0 saturated heterocycles. The van der Waals surface area contributed by atoms with Crippen molar-refractivity contribution in [1.29, 1.82) is 0 Å². The van der Waals surface area contributed by atoms with E-state index in [9.17, 15) is 0 Å². The molecule has 1 atom stereocenters. The van der Waals surface area contributed by atoms with Crippen LogP contribution in [0.25, 0.3) is 0 Å². The second-order valence-corrected chi connectivity index (χ2v) is 7.24. The summed E-state index contributed by atoms with van der Waals surface area (Å²) in [7, 11) is 0. The van der Waals surface area contributed by atoms with Crippen molar-refractivity contribution in [3.63, 3.8) is 0 Å². The number of benzene rings is 3. The molecule has 0 saturated carbocycles. The normalized spacial score (nSPS) is 11.8. The van der Waals surface area contributed by atoms with E-state index in [2.05, 4.69) is 53.2 Å². The molecule has 3 heteroatoms. The highest BCUT2D eigenvalue weighted by Gasteiger charge is 2.10. The molecule has 0 amide bonds. The first-order valence-corrected chi connectivity index (χ1v) is 9.25. The lowest BCUT2D eigenvalue weighted by molar-refractivity contribution is 0.255. The van der Waals surface area contributed by atoms with Gasteiger partial charge in [0.05, 0.1) is 0 Å². The first-order chi connectivity index (χ1) is 12.2. The van der Waals surface area contributed by atoms with Crippen LogP contribution in [0.5, 0.6) is 11.5 Å². The van der Waals surface area contributed by atoms with Crippen LogP contribution in [-0.2, 0) is 13.2 Å². The Labute approximate surface area is 157 Å². The average molecular weight is 397 g/mol. The maximum atomic E-state index is 6.06. The lowest BCUT2D eigenvalue weighted by Gasteiger charge is -2.15. The van der Waals surface area contributed by atoms with E-state index in [-0.39, 0.29) is 4.83 Å². The quantitative estimate of drug-likeness (QED) is 0.436. The molecular formula is C22H21BrO2. The molecule has 1 unspecified atom stereocenters. The summed E-state index contributed by atoms with van der Waals surface area (Å²) in [5, 5.41) is 0. The fourth-order valence-electron chi connectivity index (χ4n) is 2.47. The highest BCUT2D eigenvalue weighted by molar-refractivity contribution is 9.09. The van der Waals surface area contributed by atoms with Crippen molar-refractivity contribution in [3.05, 3.63) is 95.6 Å². The van der Waals surface area contributed by atoms with Crippen LogP contribution in [0.2, 0.25) is 0 Å². The molecule has 3 aromatic carbocycles. The Hall–Kier alpha value is -2.26. The molecule has 0 bridgehead atoms. The Morgan fingerprint density at radius 2 is 1.24 bits per heavy atom. The third-order valence-corrected chi connectivity index (χ3v) is 4.43. The van der Waals surface area contributed by atoms with Crippen LogP contribution >= 0.6 is 15.9 Å². The summed E-state index contributed by atoms with van der Waals surface area (Å²) in [6.45, 7) is 3.13. The highest BCUT2D eigenvalue weighted by Crippen LogP contribution is 2.34. The molecule has 2 nitrogen and oxygen atoms in total. The number of rotatable bonds is 7. The van der Waals surface area contributed by atoms with Crippen LogP contribution < -0.4 is 9.47 Å². The van der Waals surface area contributed by atoms with E-state index in [0.29, 0.717) is 13.2 Å². The second-order valence-electron chi connectivity index (χ2n) is 5.87. The average Bonchev–Trinajstić information content (AvgIpc) is 2.66. The number of alkyl halides is 1. The van der Waals surface area contributed by atoms with Gasteiger partial charge in [-0.1, -0.05) is 82.7 Å². The van der Waals surface area contributed by atoms with Gasteiger partial charge in [0.2, 0.25) is 0 Å². The molecule has 0 heterocycles. The SMILES string of the molecule is CC(Br)c1ccc(OCc2ccccc2)c(OCc2ccccc2)c1. The van der Waals surface area contributed by atoms with Crippen LogP contribution in [-0.4, -0.2) is 0 Å². The molecule has 128 valence electrons. The highest BCUT2D eigenvalue weighted by atomic mass is 79.9. The Balaban J connectivity index is 1.76. The third-order valence-electron chi connectivity index (χ3n) is 3.90. The predicted molar refractivity (Wildman–Crippen MR) is 105 cm³/mol. The topological polar surface area (TPSA) is 18.5 Å². The van der Waals surface area contributed by atoms with E-state index in [1.54, 1.807) is 0 Å². The number of hydrogen-bond acceptors (Lipinski definition) is 2. The summed E-state index contributed by atoms with van der Waals surface area (Å²) in [6, 6.07) is 26.4. The zero-order chi connectivity index (χ0) is 17.5. The zero-order valence-electron chi connectivity index (χ0n) is 14.2. The molecule has 0 aliphatic carbocycles. The maximum absolute atomic E-state index is 6.06. The molecule has 0 radical (unpaired) electrons. The molecule has 0 spiro atoms. The van der Waals surface area contributed by atoms with Gasteiger partial charge >= 0.3 is 0 Å². The van der Waals surface area contributed by atoms with Crippen LogP contribution in [0.15, 0.2) is 78.9 Å². The van der Waals surface area contributed by atoms with E-state index in [0.717, 1.165) is 28.2 Å². The van der Waals surface area contributed by atoms with E-state index in [1.807, 2.05) is 48.5 Å². The van der Waals surface area contributed by atoms with E-state index >= 15 is 0 Å². The molecule has 0 fully saturated rings. The van der Waals surface area contributed by atoms with Crippen molar-refractivity contribution in [2.75, 3.05) is 0 Å². The molecule has 3 rings (SSSR count). The smallest absolute Gasteiger partial charge is 0.162 e. The van der Waals surface area contributed by atoms with Gasteiger partial charge in [0.15, 0.2) is 11.5 Å². The first-order valence-electron chi connectivity index (χ1n) is 8.34. The fourth-order valence-corrected chi connectivity index (χ4v) is 2.76. The Morgan fingerprint density at radius 1 is 0.720 bits per heavy atom. The van der Waals surface area contributed by atoms with Crippen molar-refractivity contribution >= 4 is 15.9 Å². The lowest BCUT2D eigenvalue weighted by Crippen LogP contribution is -2.01. The van der Waals surface area contributed by atoms with Gasteiger partial charge in [-0.3, -0.25) is 0 Å². The number of halogens is 1. The van der Waals surface area contributed by atoms with Crippen LogP contribution in [0.3, 0.4) is 0 Å². The minimum absolute atomic E-state index is 0.259. The Bertz CT molecular complexity index is 786. The minimum Gasteiger partial charge on any atom is -0.485 e. The van der Waals surface area contributed by atoms with Gasteiger partial charge in [-0.05, 0) is 35.7 Å². The monoisotopic (exact) mass is 396 g/mol. The van der Waals surface area contributed by atoms with E-state index < -0.39 is 0 Å². The van der Waals surface area contributed by atoms with Crippen LogP contribution in [0.1, 0.15) is 28.4 Å². The van der Waals surface area contributed by atoms with Crippen molar-refractivity contribution in [3.8, 4) is 11.5 Å². The first kappa shape index (κ1) is 17.6. The molecule has 0 aromatic heterocycles.